The third kappa shape index (κ3) is 3.96. The van der Waals surface area contributed by atoms with Crippen molar-refractivity contribution in [3.05, 3.63) is 23.2 Å². The average Bonchev–Trinajstić information content (AvgIpc) is 2.29. The molecule has 1 N–H and O–H groups in total. The Bertz CT molecular complexity index is 559. The van der Waals surface area contributed by atoms with Crippen molar-refractivity contribution in [2.75, 3.05) is 11.6 Å². The van der Waals surface area contributed by atoms with Gasteiger partial charge in [0, 0.05) is 6.26 Å². The van der Waals surface area contributed by atoms with E-state index in [1.807, 2.05) is 6.92 Å². The van der Waals surface area contributed by atoms with Crippen molar-refractivity contribution in [3.63, 3.8) is 0 Å². The molecule has 0 spiro atoms. The molecule has 0 saturated carbocycles. The number of carbonyl (C=O) groups is 1. The molecule has 1 rings (SSSR count). The number of rotatable bonds is 4. The number of carbonyl (C=O) groups excluding carboxylic acids is 1. The Morgan fingerprint density at radius 2 is 2.11 bits per heavy atom. The maximum absolute atomic E-state index is 11.7. The van der Waals surface area contributed by atoms with E-state index < -0.39 is 9.84 Å². The molecule has 0 aliphatic rings. The summed E-state index contributed by atoms with van der Waals surface area (Å²) in [7, 11) is -3.33. The predicted molar refractivity (Wildman–Crippen MR) is 76.2 cm³/mol. The van der Waals surface area contributed by atoms with Crippen LogP contribution < -0.4 is 5.32 Å². The summed E-state index contributed by atoms with van der Waals surface area (Å²) in [5.74, 6) is -0.259. The summed E-state index contributed by atoms with van der Waals surface area (Å²) < 4.78 is 22.8. The van der Waals surface area contributed by atoms with Crippen LogP contribution in [-0.2, 0) is 14.6 Å². The molecular formula is C11H13BrClNO3S. The van der Waals surface area contributed by atoms with Crippen LogP contribution in [0.5, 0.6) is 0 Å². The Hall–Kier alpha value is -0.590. The second-order valence-corrected chi connectivity index (χ2v) is 7.31. The molecule has 0 bridgehead atoms. The molecule has 1 amide bonds. The van der Waals surface area contributed by atoms with Crippen molar-refractivity contribution in [2.45, 2.75) is 23.1 Å². The van der Waals surface area contributed by atoms with Gasteiger partial charge in [0.2, 0.25) is 5.91 Å². The van der Waals surface area contributed by atoms with Gasteiger partial charge in [0.1, 0.15) is 0 Å². The summed E-state index contributed by atoms with van der Waals surface area (Å²) >= 11 is 9.12. The van der Waals surface area contributed by atoms with Gasteiger partial charge in [-0.1, -0.05) is 34.5 Å². The smallest absolute Gasteiger partial charge is 0.238 e. The molecule has 0 fully saturated rings. The lowest BCUT2D eigenvalue weighted by Crippen LogP contribution is -2.22. The Kier molecular flexibility index (Phi) is 5.19. The second kappa shape index (κ2) is 6.04. The topological polar surface area (TPSA) is 63.2 Å². The molecule has 1 atom stereocenters. The van der Waals surface area contributed by atoms with Crippen molar-refractivity contribution in [1.29, 1.82) is 0 Å². The highest BCUT2D eigenvalue weighted by atomic mass is 79.9. The molecule has 0 aromatic heterocycles. The Morgan fingerprint density at radius 3 is 2.61 bits per heavy atom. The molecule has 0 aliphatic heterocycles. The lowest BCUT2D eigenvalue weighted by molar-refractivity contribution is -0.115. The van der Waals surface area contributed by atoms with E-state index in [2.05, 4.69) is 21.2 Å². The molecule has 0 heterocycles. The van der Waals surface area contributed by atoms with Crippen LogP contribution in [0.3, 0.4) is 0 Å². The van der Waals surface area contributed by atoms with Crippen LogP contribution in [0.25, 0.3) is 0 Å². The lowest BCUT2D eigenvalue weighted by atomic mass is 10.3. The zero-order valence-electron chi connectivity index (χ0n) is 9.91. The van der Waals surface area contributed by atoms with E-state index in [-0.39, 0.29) is 15.6 Å². The fourth-order valence-electron chi connectivity index (χ4n) is 1.23. The fraction of sp³-hybridized carbons (Fsp3) is 0.364. The van der Waals surface area contributed by atoms with Crippen LogP contribution in [0, 0.1) is 0 Å². The Morgan fingerprint density at radius 1 is 1.50 bits per heavy atom. The predicted octanol–water partition coefficient (Wildman–Crippen LogP) is 2.86. The van der Waals surface area contributed by atoms with Crippen molar-refractivity contribution < 1.29 is 13.2 Å². The zero-order valence-corrected chi connectivity index (χ0v) is 13.1. The first-order chi connectivity index (χ1) is 8.25. The number of benzene rings is 1. The molecule has 100 valence electrons. The maximum Gasteiger partial charge on any atom is 0.238 e. The van der Waals surface area contributed by atoms with Crippen LogP contribution in [0.1, 0.15) is 13.3 Å². The SMILES string of the molecule is CCC(Br)C(=O)Nc1cc(S(C)(=O)=O)ccc1Cl. The van der Waals surface area contributed by atoms with Gasteiger partial charge in [0.15, 0.2) is 9.84 Å². The van der Waals surface area contributed by atoms with E-state index in [1.54, 1.807) is 0 Å². The number of nitrogens with one attached hydrogen (secondary N) is 1. The van der Waals surface area contributed by atoms with Crippen LogP contribution in [0.4, 0.5) is 5.69 Å². The van der Waals surface area contributed by atoms with Gasteiger partial charge in [-0.3, -0.25) is 4.79 Å². The third-order valence-corrected chi connectivity index (χ3v) is 4.77. The maximum atomic E-state index is 11.7. The molecule has 7 heteroatoms. The first kappa shape index (κ1) is 15.5. The molecule has 0 aliphatic carbocycles. The number of sulfone groups is 1. The number of anilines is 1. The van der Waals surface area contributed by atoms with Crippen LogP contribution in [0.15, 0.2) is 23.1 Å². The number of alkyl halides is 1. The largest absolute Gasteiger partial charge is 0.324 e. The molecule has 18 heavy (non-hydrogen) atoms. The van der Waals surface area contributed by atoms with E-state index in [0.29, 0.717) is 17.1 Å². The highest BCUT2D eigenvalue weighted by Gasteiger charge is 2.16. The van der Waals surface area contributed by atoms with Crippen LogP contribution in [-0.4, -0.2) is 25.4 Å². The normalized spacial score (nSPS) is 13.1. The Labute approximate surface area is 120 Å². The van der Waals surface area contributed by atoms with Gasteiger partial charge in [0.05, 0.1) is 20.4 Å². The van der Waals surface area contributed by atoms with Crippen molar-refractivity contribution in [1.82, 2.24) is 0 Å². The van der Waals surface area contributed by atoms with E-state index in [0.717, 1.165) is 6.26 Å². The molecular weight excluding hydrogens is 342 g/mol. The quantitative estimate of drug-likeness (QED) is 0.846. The third-order valence-electron chi connectivity index (χ3n) is 2.27. The molecule has 1 aromatic carbocycles. The van der Waals surface area contributed by atoms with E-state index in [1.165, 1.54) is 18.2 Å². The number of halogens is 2. The van der Waals surface area contributed by atoms with Gasteiger partial charge in [-0.05, 0) is 24.6 Å². The van der Waals surface area contributed by atoms with Crippen LogP contribution in [0.2, 0.25) is 5.02 Å². The summed E-state index contributed by atoms with van der Waals surface area (Å²) in [6.45, 7) is 1.85. The van der Waals surface area contributed by atoms with Gasteiger partial charge < -0.3 is 5.32 Å². The van der Waals surface area contributed by atoms with Gasteiger partial charge >= 0.3 is 0 Å². The van der Waals surface area contributed by atoms with Crippen LogP contribution >= 0.6 is 27.5 Å². The van der Waals surface area contributed by atoms with Gasteiger partial charge in [0.25, 0.3) is 0 Å². The second-order valence-electron chi connectivity index (χ2n) is 3.78. The average molecular weight is 355 g/mol. The van der Waals surface area contributed by atoms with Gasteiger partial charge in [-0.25, -0.2) is 8.42 Å². The zero-order chi connectivity index (χ0) is 13.9. The monoisotopic (exact) mass is 353 g/mol. The minimum atomic E-state index is -3.33. The molecule has 4 nitrogen and oxygen atoms in total. The number of amides is 1. The first-order valence-electron chi connectivity index (χ1n) is 5.20. The lowest BCUT2D eigenvalue weighted by Gasteiger charge is -2.11. The highest BCUT2D eigenvalue weighted by Crippen LogP contribution is 2.26. The van der Waals surface area contributed by atoms with Gasteiger partial charge in [-0.15, -0.1) is 0 Å². The number of hydrogen-bond acceptors (Lipinski definition) is 3. The molecule has 0 saturated heterocycles. The van der Waals surface area contributed by atoms with E-state index >= 15 is 0 Å². The fourth-order valence-corrected chi connectivity index (χ4v) is 2.15. The summed E-state index contributed by atoms with van der Waals surface area (Å²) in [5.41, 5.74) is 0.294. The van der Waals surface area contributed by atoms with E-state index in [4.69, 9.17) is 11.6 Å². The summed E-state index contributed by atoms with van der Waals surface area (Å²) in [4.78, 5) is 11.5. The van der Waals surface area contributed by atoms with Crippen molar-refractivity contribution in [2.24, 2.45) is 0 Å². The van der Waals surface area contributed by atoms with E-state index in [9.17, 15) is 13.2 Å². The first-order valence-corrected chi connectivity index (χ1v) is 8.38. The molecule has 0 radical (unpaired) electrons. The minimum Gasteiger partial charge on any atom is -0.324 e. The highest BCUT2D eigenvalue weighted by molar-refractivity contribution is 9.10. The summed E-state index contributed by atoms with van der Waals surface area (Å²) in [5, 5.41) is 2.89. The number of hydrogen-bond donors (Lipinski definition) is 1. The standard InChI is InChI=1S/C11H13BrClNO3S/c1-3-8(12)11(15)14-10-6-7(18(2,16)17)4-5-9(10)13/h4-6,8H,3H2,1-2H3,(H,14,15). The summed E-state index contributed by atoms with van der Waals surface area (Å²) in [6, 6.07) is 4.20. The van der Waals surface area contributed by atoms with Crippen molar-refractivity contribution >= 4 is 49.0 Å². The van der Waals surface area contributed by atoms with Crippen molar-refractivity contribution in [3.8, 4) is 0 Å². The molecule has 1 unspecified atom stereocenters. The van der Waals surface area contributed by atoms with Gasteiger partial charge in [-0.2, -0.15) is 0 Å². The summed E-state index contributed by atoms with van der Waals surface area (Å²) in [6.07, 6.45) is 1.72. The minimum absolute atomic E-state index is 0.116. The Balaban J connectivity index is 3.06. The molecule has 1 aromatic rings.